The van der Waals surface area contributed by atoms with E-state index in [4.69, 9.17) is 11.6 Å². The molecule has 5 rings (SSSR count). The predicted octanol–water partition coefficient (Wildman–Crippen LogP) is 3.50. The Hall–Kier alpha value is -2.45. The Labute approximate surface area is 186 Å². The number of hydrogen-bond acceptors (Lipinski definition) is 5. The topological polar surface area (TPSA) is 70.6 Å². The van der Waals surface area contributed by atoms with E-state index in [2.05, 4.69) is 37.1 Å². The Morgan fingerprint density at radius 2 is 1.77 bits per heavy atom. The van der Waals surface area contributed by atoms with Crippen LogP contribution in [0.1, 0.15) is 41.7 Å². The predicted molar refractivity (Wildman–Crippen MR) is 122 cm³/mol. The maximum atomic E-state index is 10.7. The number of benzene rings is 1. The van der Waals surface area contributed by atoms with Crippen molar-refractivity contribution in [3.05, 3.63) is 64.1 Å². The third-order valence-electron chi connectivity index (χ3n) is 6.15. The van der Waals surface area contributed by atoms with E-state index in [0.717, 1.165) is 58.4 Å². The molecule has 1 saturated heterocycles. The number of rotatable bonds is 6. The fraction of sp³-hybridized carbons (Fsp3) is 0.391. The first kappa shape index (κ1) is 20.5. The van der Waals surface area contributed by atoms with Crippen molar-refractivity contribution in [2.45, 2.75) is 39.1 Å². The van der Waals surface area contributed by atoms with E-state index in [1.54, 1.807) is 7.05 Å². The van der Waals surface area contributed by atoms with Crippen LogP contribution in [0.15, 0.2) is 36.4 Å². The lowest BCUT2D eigenvalue weighted by atomic mass is 10.1. The van der Waals surface area contributed by atoms with Crippen molar-refractivity contribution in [3.63, 3.8) is 0 Å². The number of aliphatic hydroxyl groups excluding tert-OH is 1. The lowest BCUT2D eigenvalue weighted by Crippen LogP contribution is -2.20. The van der Waals surface area contributed by atoms with Crippen molar-refractivity contribution in [2.75, 3.05) is 20.1 Å². The first-order valence-electron chi connectivity index (χ1n) is 10.7. The van der Waals surface area contributed by atoms with Gasteiger partial charge in [-0.05, 0) is 81.4 Å². The van der Waals surface area contributed by atoms with E-state index >= 15 is 0 Å². The van der Waals surface area contributed by atoms with E-state index in [1.165, 1.54) is 18.4 Å². The van der Waals surface area contributed by atoms with Gasteiger partial charge in [-0.3, -0.25) is 14.6 Å². The summed E-state index contributed by atoms with van der Waals surface area (Å²) in [5.41, 5.74) is 5.92. The summed E-state index contributed by atoms with van der Waals surface area (Å²) in [6.07, 6.45) is 1.75. The molecule has 162 valence electrons. The first-order chi connectivity index (χ1) is 15.0. The van der Waals surface area contributed by atoms with Gasteiger partial charge in [0.25, 0.3) is 0 Å². The summed E-state index contributed by atoms with van der Waals surface area (Å²) >= 11 is 6.50. The molecule has 1 aromatic carbocycles. The Kier molecular flexibility index (Phi) is 5.44. The smallest absolute Gasteiger partial charge is 0.161 e. The van der Waals surface area contributed by atoms with Crippen LogP contribution in [0, 0.1) is 6.92 Å². The molecule has 1 unspecified atom stereocenters. The summed E-state index contributed by atoms with van der Waals surface area (Å²) < 4.78 is 4.16. The highest BCUT2D eigenvalue weighted by atomic mass is 35.5. The number of nitrogens with zero attached hydrogens (tertiary/aromatic N) is 5. The number of hydrogen-bond donors (Lipinski definition) is 2. The Morgan fingerprint density at radius 1 is 1.03 bits per heavy atom. The van der Waals surface area contributed by atoms with Gasteiger partial charge in [-0.1, -0.05) is 17.7 Å². The zero-order valence-corrected chi connectivity index (χ0v) is 18.6. The molecule has 4 aromatic rings. The summed E-state index contributed by atoms with van der Waals surface area (Å²) in [5.74, 6) is 0.818. The lowest BCUT2D eigenvalue weighted by Gasteiger charge is -2.18. The number of aliphatic hydroxyl groups is 1. The molecule has 2 N–H and O–H groups in total. The zero-order valence-electron chi connectivity index (χ0n) is 17.8. The molecule has 7 nitrogen and oxygen atoms in total. The number of halogens is 1. The summed E-state index contributed by atoms with van der Waals surface area (Å²) in [5, 5.41) is 22.8. The molecule has 31 heavy (non-hydrogen) atoms. The van der Waals surface area contributed by atoms with Crippen LogP contribution in [-0.4, -0.2) is 49.3 Å². The molecule has 0 aliphatic carbocycles. The number of fused-ring (bicyclic) bond motifs is 3. The molecule has 1 aliphatic rings. The normalized spacial score (nSPS) is 16.0. The van der Waals surface area contributed by atoms with E-state index < -0.39 is 6.23 Å². The second-order valence-corrected chi connectivity index (χ2v) is 8.78. The summed E-state index contributed by atoms with van der Waals surface area (Å²) in [7, 11) is 1.75. The first-order valence-corrected chi connectivity index (χ1v) is 11.1. The van der Waals surface area contributed by atoms with Crippen LogP contribution in [0.2, 0.25) is 5.02 Å². The fourth-order valence-corrected chi connectivity index (χ4v) is 4.97. The maximum Gasteiger partial charge on any atom is 0.161 e. The molecule has 0 amide bonds. The van der Waals surface area contributed by atoms with Gasteiger partial charge >= 0.3 is 0 Å². The van der Waals surface area contributed by atoms with E-state index in [1.807, 2.05) is 35.6 Å². The molecule has 0 radical (unpaired) electrons. The van der Waals surface area contributed by atoms with Crippen LogP contribution in [0.5, 0.6) is 0 Å². The van der Waals surface area contributed by atoms with Gasteiger partial charge in [0.05, 0.1) is 16.7 Å². The van der Waals surface area contributed by atoms with Crippen molar-refractivity contribution in [1.82, 2.24) is 29.4 Å². The minimum Gasteiger partial charge on any atom is -0.373 e. The Morgan fingerprint density at radius 3 is 2.52 bits per heavy atom. The van der Waals surface area contributed by atoms with Crippen LogP contribution < -0.4 is 5.32 Å². The molecule has 0 saturated carbocycles. The van der Waals surface area contributed by atoms with Gasteiger partial charge in [0.15, 0.2) is 5.65 Å². The third kappa shape index (κ3) is 3.83. The SMILES string of the molecule is CNC(O)c1cc2c(ccc3nnc(C)n32)n1Cc1cc(Cl)cc(CN2CCCC2)c1. The standard InChI is InChI=1S/C23H27ClN6O/c1-15-26-27-22-6-5-19-20(30(15)22)12-21(23(31)25-2)29(19)14-17-9-16(10-18(24)11-17)13-28-7-3-4-8-28/h5-6,9-12,23,25,31H,3-4,7-8,13-14H2,1-2H3. The van der Waals surface area contributed by atoms with E-state index in [-0.39, 0.29) is 0 Å². The van der Waals surface area contributed by atoms with Gasteiger partial charge in [-0.2, -0.15) is 0 Å². The highest BCUT2D eigenvalue weighted by Gasteiger charge is 2.19. The molecule has 3 aromatic heterocycles. The van der Waals surface area contributed by atoms with Gasteiger partial charge in [0, 0.05) is 18.1 Å². The molecular formula is C23H27ClN6O. The Balaban J connectivity index is 1.58. The summed E-state index contributed by atoms with van der Waals surface area (Å²) in [6.45, 7) is 5.77. The van der Waals surface area contributed by atoms with Gasteiger partial charge < -0.3 is 9.67 Å². The Bertz CT molecular complexity index is 1240. The highest BCUT2D eigenvalue weighted by molar-refractivity contribution is 6.30. The number of aromatic nitrogens is 4. The third-order valence-corrected chi connectivity index (χ3v) is 6.37. The second kappa shape index (κ2) is 8.24. The number of nitrogens with one attached hydrogen (secondary N) is 1. The van der Waals surface area contributed by atoms with Crippen LogP contribution >= 0.6 is 11.6 Å². The van der Waals surface area contributed by atoms with E-state index in [0.29, 0.717) is 6.54 Å². The minimum atomic E-state index is -0.789. The minimum absolute atomic E-state index is 0.609. The van der Waals surface area contributed by atoms with Crippen LogP contribution in [0.25, 0.3) is 16.7 Å². The van der Waals surface area contributed by atoms with Crippen LogP contribution in [-0.2, 0) is 13.1 Å². The van der Waals surface area contributed by atoms with Crippen molar-refractivity contribution in [2.24, 2.45) is 0 Å². The number of aryl methyl sites for hydroxylation is 1. The van der Waals surface area contributed by atoms with Gasteiger partial charge in [-0.15, -0.1) is 10.2 Å². The van der Waals surface area contributed by atoms with Crippen molar-refractivity contribution < 1.29 is 5.11 Å². The largest absolute Gasteiger partial charge is 0.373 e. The molecule has 1 atom stereocenters. The lowest BCUT2D eigenvalue weighted by molar-refractivity contribution is 0.141. The van der Waals surface area contributed by atoms with Gasteiger partial charge in [-0.25, -0.2) is 0 Å². The molecule has 0 spiro atoms. The zero-order chi connectivity index (χ0) is 21.5. The van der Waals surface area contributed by atoms with Crippen LogP contribution in [0.3, 0.4) is 0 Å². The van der Waals surface area contributed by atoms with Gasteiger partial charge in [0.2, 0.25) is 0 Å². The van der Waals surface area contributed by atoms with Crippen molar-refractivity contribution in [1.29, 1.82) is 0 Å². The average Bonchev–Trinajstić information content (AvgIpc) is 3.47. The maximum absolute atomic E-state index is 10.7. The van der Waals surface area contributed by atoms with Gasteiger partial charge in [0.1, 0.15) is 12.1 Å². The number of pyridine rings is 1. The fourth-order valence-electron chi connectivity index (χ4n) is 4.69. The summed E-state index contributed by atoms with van der Waals surface area (Å²) in [6, 6.07) is 12.3. The van der Waals surface area contributed by atoms with Crippen molar-refractivity contribution >= 4 is 28.3 Å². The van der Waals surface area contributed by atoms with Crippen LogP contribution in [0.4, 0.5) is 0 Å². The quantitative estimate of drug-likeness (QED) is 0.451. The monoisotopic (exact) mass is 438 g/mol. The molecule has 4 heterocycles. The average molecular weight is 439 g/mol. The van der Waals surface area contributed by atoms with Crippen molar-refractivity contribution in [3.8, 4) is 0 Å². The summed E-state index contributed by atoms with van der Waals surface area (Å²) in [4.78, 5) is 2.47. The molecule has 8 heteroatoms. The second-order valence-electron chi connectivity index (χ2n) is 8.34. The number of likely N-dealkylation sites (tertiary alicyclic amines) is 1. The molecule has 0 bridgehead atoms. The highest BCUT2D eigenvalue weighted by Crippen LogP contribution is 2.28. The van der Waals surface area contributed by atoms with E-state index in [9.17, 15) is 5.11 Å². The molecule has 1 fully saturated rings. The molecule has 1 aliphatic heterocycles. The molecular weight excluding hydrogens is 412 g/mol.